The van der Waals surface area contributed by atoms with E-state index in [-0.39, 0.29) is 17.5 Å². The highest BCUT2D eigenvalue weighted by molar-refractivity contribution is 5.93. The second-order valence-electron chi connectivity index (χ2n) is 9.51. The highest BCUT2D eigenvalue weighted by Crippen LogP contribution is 2.53. The largest absolute Gasteiger partial charge is 0.497 e. The van der Waals surface area contributed by atoms with E-state index in [2.05, 4.69) is 11.6 Å². The Bertz CT molecular complexity index is 929. The van der Waals surface area contributed by atoms with E-state index in [0.717, 1.165) is 48.8 Å². The van der Waals surface area contributed by atoms with Gasteiger partial charge in [0.1, 0.15) is 5.75 Å². The molecular formula is C25H34N4O2. The van der Waals surface area contributed by atoms with Gasteiger partial charge >= 0.3 is 0 Å². The van der Waals surface area contributed by atoms with Gasteiger partial charge in [-0.3, -0.25) is 9.69 Å². The number of carbonyl (C=O) groups excluding carboxylic acids is 1. The lowest BCUT2D eigenvalue weighted by Crippen LogP contribution is -2.61. The standard InChI is InChI=1S/C25H34N4O2/c1-3-9-22(30)28-21-11-6-5-10-20(21)25(16-7-4-8-17-25)29-24(28)26-23(27-29)18-12-14-19(31-2)15-13-18/h12-15,20-21H,3-11,16-17H2,1-2H3. The van der Waals surface area contributed by atoms with Crippen molar-refractivity contribution in [3.63, 3.8) is 0 Å². The van der Waals surface area contributed by atoms with Crippen LogP contribution >= 0.6 is 0 Å². The van der Waals surface area contributed by atoms with E-state index in [9.17, 15) is 4.79 Å². The Morgan fingerprint density at radius 1 is 1.10 bits per heavy atom. The Labute approximate surface area is 185 Å². The molecule has 2 heterocycles. The van der Waals surface area contributed by atoms with Gasteiger partial charge in [-0.05, 0) is 56.4 Å². The van der Waals surface area contributed by atoms with Crippen molar-refractivity contribution in [1.29, 1.82) is 0 Å². The van der Waals surface area contributed by atoms with Crippen LogP contribution in [-0.2, 0) is 10.3 Å². The van der Waals surface area contributed by atoms with Gasteiger partial charge in [-0.2, -0.15) is 4.98 Å². The highest BCUT2D eigenvalue weighted by atomic mass is 16.5. The van der Waals surface area contributed by atoms with Gasteiger partial charge < -0.3 is 4.74 Å². The number of carbonyl (C=O) groups is 1. The minimum atomic E-state index is 0.0133. The Morgan fingerprint density at radius 2 is 1.84 bits per heavy atom. The van der Waals surface area contributed by atoms with Crippen LogP contribution in [0, 0.1) is 5.92 Å². The zero-order valence-electron chi connectivity index (χ0n) is 18.8. The summed E-state index contributed by atoms with van der Waals surface area (Å²) in [6, 6.07) is 8.20. The summed E-state index contributed by atoms with van der Waals surface area (Å²) in [5.74, 6) is 3.02. The second kappa shape index (κ2) is 8.29. The molecule has 1 aliphatic heterocycles. The van der Waals surface area contributed by atoms with Crippen LogP contribution in [0.3, 0.4) is 0 Å². The molecule has 3 aliphatic rings. The topological polar surface area (TPSA) is 60.3 Å². The zero-order valence-corrected chi connectivity index (χ0v) is 18.8. The molecule has 1 aromatic heterocycles. The van der Waals surface area contributed by atoms with Crippen LogP contribution < -0.4 is 9.64 Å². The van der Waals surface area contributed by atoms with Crippen molar-refractivity contribution in [2.75, 3.05) is 12.0 Å². The van der Waals surface area contributed by atoms with Crippen LogP contribution in [0.2, 0.25) is 0 Å². The number of rotatable bonds is 4. The predicted octanol–water partition coefficient (Wildman–Crippen LogP) is 5.32. The van der Waals surface area contributed by atoms with Gasteiger partial charge in [0.15, 0.2) is 5.82 Å². The summed E-state index contributed by atoms with van der Waals surface area (Å²) in [5.41, 5.74) is 0.985. The molecule has 5 rings (SSSR count). The van der Waals surface area contributed by atoms with E-state index in [1.807, 2.05) is 29.2 Å². The fourth-order valence-electron chi connectivity index (χ4n) is 6.35. The van der Waals surface area contributed by atoms with Gasteiger partial charge in [-0.25, -0.2) is 4.68 Å². The quantitative estimate of drug-likeness (QED) is 0.669. The Balaban J connectivity index is 1.65. The molecule has 1 aromatic carbocycles. The molecule has 2 unspecified atom stereocenters. The molecular weight excluding hydrogens is 388 g/mol. The summed E-state index contributed by atoms with van der Waals surface area (Å²) in [4.78, 5) is 20.4. The van der Waals surface area contributed by atoms with E-state index in [1.165, 1.54) is 38.5 Å². The molecule has 6 heteroatoms. The fraction of sp³-hybridized carbons (Fsp3) is 0.640. The lowest BCUT2D eigenvalue weighted by Gasteiger charge is -2.55. The normalized spacial score (nSPS) is 24.5. The van der Waals surface area contributed by atoms with Gasteiger partial charge in [-0.1, -0.05) is 39.0 Å². The number of methoxy groups -OCH3 is 1. The number of fused-ring (bicyclic) bond motifs is 4. The van der Waals surface area contributed by atoms with Gasteiger partial charge in [-0.15, -0.1) is 5.10 Å². The van der Waals surface area contributed by atoms with Crippen molar-refractivity contribution in [2.24, 2.45) is 5.92 Å². The van der Waals surface area contributed by atoms with Gasteiger partial charge in [0, 0.05) is 23.9 Å². The molecule has 2 fully saturated rings. The third-order valence-electron chi connectivity index (χ3n) is 7.78. The summed E-state index contributed by atoms with van der Waals surface area (Å²) < 4.78 is 7.52. The Hall–Kier alpha value is -2.37. The minimum absolute atomic E-state index is 0.0133. The predicted molar refractivity (Wildman–Crippen MR) is 121 cm³/mol. The number of ether oxygens (including phenoxy) is 1. The number of hydrogen-bond donors (Lipinski definition) is 0. The number of anilines is 1. The molecule has 0 radical (unpaired) electrons. The van der Waals surface area contributed by atoms with Gasteiger partial charge in [0.25, 0.3) is 0 Å². The molecule has 31 heavy (non-hydrogen) atoms. The van der Waals surface area contributed by atoms with Gasteiger partial charge in [0.2, 0.25) is 11.9 Å². The molecule has 0 saturated heterocycles. The average molecular weight is 423 g/mol. The third kappa shape index (κ3) is 3.35. The first-order chi connectivity index (χ1) is 15.2. The van der Waals surface area contributed by atoms with E-state index < -0.39 is 0 Å². The SMILES string of the molecule is CCCC(=O)N1c2nc(-c3ccc(OC)cc3)nn2C2(CCCCC2)C2CCCCC21. The molecule has 166 valence electrons. The lowest BCUT2D eigenvalue weighted by atomic mass is 9.64. The first-order valence-electron chi connectivity index (χ1n) is 12.1. The van der Waals surface area contributed by atoms with E-state index in [1.54, 1.807) is 7.11 Å². The van der Waals surface area contributed by atoms with Crippen LogP contribution in [0.5, 0.6) is 5.75 Å². The number of hydrogen-bond acceptors (Lipinski definition) is 4. The van der Waals surface area contributed by atoms with Gasteiger partial charge in [0.05, 0.1) is 12.6 Å². The Morgan fingerprint density at radius 3 is 2.55 bits per heavy atom. The van der Waals surface area contributed by atoms with Crippen LogP contribution in [0.4, 0.5) is 5.95 Å². The van der Waals surface area contributed by atoms with Crippen molar-refractivity contribution in [3.05, 3.63) is 24.3 Å². The van der Waals surface area contributed by atoms with Crippen LogP contribution in [0.15, 0.2) is 24.3 Å². The maximum atomic E-state index is 13.3. The fourth-order valence-corrected chi connectivity index (χ4v) is 6.35. The molecule has 0 N–H and O–H groups in total. The number of benzene rings is 1. The van der Waals surface area contributed by atoms with Crippen molar-refractivity contribution < 1.29 is 9.53 Å². The summed E-state index contributed by atoms with van der Waals surface area (Å²) in [6.07, 6.45) is 12.3. The molecule has 2 aromatic rings. The van der Waals surface area contributed by atoms with E-state index >= 15 is 0 Å². The summed E-state index contributed by atoms with van der Waals surface area (Å²) in [5, 5.41) is 5.11. The smallest absolute Gasteiger partial charge is 0.231 e. The third-order valence-corrected chi connectivity index (χ3v) is 7.78. The molecule has 2 aliphatic carbocycles. The van der Waals surface area contributed by atoms with Crippen molar-refractivity contribution in [2.45, 2.75) is 89.1 Å². The van der Waals surface area contributed by atoms with E-state index in [4.69, 9.17) is 14.8 Å². The average Bonchev–Trinajstić information content (AvgIpc) is 3.26. The van der Waals surface area contributed by atoms with Crippen molar-refractivity contribution >= 4 is 11.9 Å². The summed E-state index contributed by atoms with van der Waals surface area (Å²) in [7, 11) is 1.67. The number of nitrogens with zero attached hydrogens (tertiary/aromatic N) is 4. The first-order valence-corrected chi connectivity index (χ1v) is 12.1. The zero-order chi connectivity index (χ0) is 21.4. The molecule has 1 amide bonds. The first kappa shape index (κ1) is 20.5. The summed E-state index contributed by atoms with van der Waals surface area (Å²) in [6.45, 7) is 2.08. The molecule has 0 bridgehead atoms. The number of aromatic nitrogens is 3. The maximum absolute atomic E-state index is 13.3. The monoisotopic (exact) mass is 422 g/mol. The molecule has 1 spiro atoms. The molecule has 6 nitrogen and oxygen atoms in total. The van der Waals surface area contributed by atoms with Crippen LogP contribution in [0.1, 0.15) is 77.6 Å². The Kier molecular flexibility index (Phi) is 5.49. The van der Waals surface area contributed by atoms with E-state index in [0.29, 0.717) is 12.3 Å². The van der Waals surface area contributed by atoms with Crippen LogP contribution in [-0.4, -0.2) is 33.8 Å². The van der Waals surface area contributed by atoms with Crippen LogP contribution in [0.25, 0.3) is 11.4 Å². The van der Waals surface area contributed by atoms with Crippen molar-refractivity contribution in [3.8, 4) is 17.1 Å². The highest BCUT2D eigenvalue weighted by Gasteiger charge is 2.54. The minimum Gasteiger partial charge on any atom is -0.497 e. The number of amides is 1. The molecule has 2 atom stereocenters. The lowest BCUT2D eigenvalue weighted by molar-refractivity contribution is -0.121. The summed E-state index contributed by atoms with van der Waals surface area (Å²) >= 11 is 0. The molecule has 2 saturated carbocycles. The maximum Gasteiger partial charge on any atom is 0.231 e. The second-order valence-corrected chi connectivity index (χ2v) is 9.51. The van der Waals surface area contributed by atoms with Crippen molar-refractivity contribution in [1.82, 2.24) is 14.8 Å².